The average molecular weight is 310 g/mol. The molecule has 2 N–H and O–H groups in total. The predicted molar refractivity (Wildman–Crippen MR) is 92.0 cm³/mol. The molecular weight excluding hydrogens is 284 g/mol. The van der Waals surface area contributed by atoms with Gasteiger partial charge in [0.15, 0.2) is 0 Å². The first-order valence-electron chi connectivity index (χ1n) is 8.80. The third-order valence-electron chi connectivity index (χ3n) is 6.23. The van der Waals surface area contributed by atoms with Gasteiger partial charge in [-0.25, -0.2) is 0 Å². The molecule has 2 nitrogen and oxygen atoms in total. The van der Waals surface area contributed by atoms with Crippen LogP contribution >= 0.6 is 0 Å². The number of allylic oxidation sites excluding steroid dienone is 1. The van der Waals surface area contributed by atoms with E-state index in [9.17, 15) is 10.2 Å². The van der Waals surface area contributed by atoms with E-state index < -0.39 is 0 Å². The van der Waals surface area contributed by atoms with E-state index in [-0.39, 0.29) is 35.4 Å². The van der Waals surface area contributed by atoms with Gasteiger partial charge < -0.3 is 10.2 Å². The minimum absolute atomic E-state index is 0.0939. The number of hydrogen-bond donors (Lipinski definition) is 2. The van der Waals surface area contributed by atoms with Crippen molar-refractivity contribution in [3.8, 4) is 0 Å². The Morgan fingerprint density at radius 2 is 1.65 bits per heavy atom. The van der Waals surface area contributed by atoms with Crippen molar-refractivity contribution in [2.75, 3.05) is 0 Å². The van der Waals surface area contributed by atoms with Crippen LogP contribution in [-0.4, -0.2) is 22.4 Å². The molecule has 3 aliphatic carbocycles. The summed E-state index contributed by atoms with van der Waals surface area (Å²) in [6.07, 6.45) is 6.63. The Hall–Kier alpha value is -1.38. The number of aliphatic hydroxyl groups is 2. The van der Waals surface area contributed by atoms with Gasteiger partial charge in [-0.1, -0.05) is 67.5 Å². The maximum absolute atomic E-state index is 11.1. The summed E-state index contributed by atoms with van der Waals surface area (Å²) in [6.45, 7) is 4.35. The maximum atomic E-state index is 11.1. The second kappa shape index (κ2) is 5.32. The minimum atomic E-state index is -0.337. The molecule has 0 amide bonds. The van der Waals surface area contributed by atoms with Crippen molar-refractivity contribution in [1.82, 2.24) is 0 Å². The zero-order chi connectivity index (χ0) is 16.2. The SMILES string of the molecule is CC1(C)CC2=C3CC[C@@H](O)[C@H]3C=C[C@@H](c3ccccc3)[C@@H]2[C@@H]1O. The summed E-state index contributed by atoms with van der Waals surface area (Å²) >= 11 is 0. The van der Waals surface area contributed by atoms with Gasteiger partial charge in [0, 0.05) is 17.8 Å². The molecule has 0 spiro atoms. The third kappa shape index (κ3) is 2.31. The molecule has 0 aliphatic heterocycles. The fourth-order valence-electron chi connectivity index (χ4n) is 4.98. The lowest BCUT2D eigenvalue weighted by atomic mass is 9.78. The lowest BCUT2D eigenvalue weighted by Crippen LogP contribution is -2.30. The van der Waals surface area contributed by atoms with Crippen molar-refractivity contribution >= 4 is 0 Å². The molecule has 0 aromatic heterocycles. The first-order chi connectivity index (χ1) is 11.0. The summed E-state index contributed by atoms with van der Waals surface area (Å²) in [6, 6.07) is 10.5. The minimum Gasteiger partial charge on any atom is -0.392 e. The van der Waals surface area contributed by atoms with Crippen LogP contribution in [0.25, 0.3) is 0 Å². The second-order valence-corrected chi connectivity index (χ2v) is 8.14. The summed E-state index contributed by atoms with van der Waals surface area (Å²) in [5.74, 6) is 0.504. The molecule has 0 bridgehead atoms. The second-order valence-electron chi connectivity index (χ2n) is 8.14. The van der Waals surface area contributed by atoms with E-state index in [1.54, 1.807) is 0 Å². The van der Waals surface area contributed by atoms with Gasteiger partial charge >= 0.3 is 0 Å². The van der Waals surface area contributed by atoms with Gasteiger partial charge in [-0.2, -0.15) is 0 Å². The Balaban J connectivity index is 1.86. The number of fused-ring (bicyclic) bond motifs is 2. The highest BCUT2D eigenvalue weighted by molar-refractivity contribution is 5.41. The zero-order valence-electron chi connectivity index (χ0n) is 13.9. The highest BCUT2D eigenvalue weighted by atomic mass is 16.3. The van der Waals surface area contributed by atoms with Crippen LogP contribution in [0.15, 0.2) is 53.6 Å². The van der Waals surface area contributed by atoms with E-state index in [1.165, 1.54) is 16.7 Å². The summed E-state index contributed by atoms with van der Waals surface area (Å²) in [5, 5.41) is 21.4. The number of benzene rings is 1. The van der Waals surface area contributed by atoms with Crippen LogP contribution in [0.5, 0.6) is 0 Å². The van der Waals surface area contributed by atoms with E-state index in [0.717, 1.165) is 19.3 Å². The quantitative estimate of drug-likeness (QED) is 0.774. The molecular formula is C21H26O2. The Bertz CT molecular complexity index is 656. The van der Waals surface area contributed by atoms with E-state index in [2.05, 4.69) is 50.3 Å². The fourth-order valence-corrected chi connectivity index (χ4v) is 4.98. The topological polar surface area (TPSA) is 40.5 Å². The van der Waals surface area contributed by atoms with Crippen LogP contribution in [-0.2, 0) is 0 Å². The highest BCUT2D eigenvalue weighted by Crippen LogP contribution is 2.56. The number of aliphatic hydroxyl groups excluding tert-OH is 2. The van der Waals surface area contributed by atoms with Gasteiger partial charge in [0.25, 0.3) is 0 Å². The monoisotopic (exact) mass is 310 g/mol. The fraction of sp³-hybridized carbons (Fsp3) is 0.524. The Morgan fingerprint density at radius 1 is 0.957 bits per heavy atom. The largest absolute Gasteiger partial charge is 0.392 e. The Labute approximate surface area is 138 Å². The van der Waals surface area contributed by atoms with Crippen LogP contribution in [0, 0.1) is 17.3 Å². The van der Waals surface area contributed by atoms with E-state index >= 15 is 0 Å². The molecule has 0 saturated heterocycles. The molecule has 2 fully saturated rings. The molecule has 0 heterocycles. The Morgan fingerprint density at radius 3 is 2.39 bits per heavy atom. The van der Waals surface area contributed by atoms with Gasteiger partial charge in [0.1, 0.15) is 0 Å². The summed E-state index contributed by atoms with van der Waals surface area (Å²) in [7, 11) is 0. The van der Waals surface area contributed by atoms with Crippen molar-refractivity contribution in [3.63, 3.8) is 0 Å². The van der Waals surface area contributed by atoms with Gasteiger partial charge in [0.05, 0.1) is 12.2 Å². The number of hydrogen-bond acceptors (Lipinski definition) is 2. The van der Waals surface area contributed by atoms with E-state index in [4.69, 9.17) is 0 Å². The zero-order valence-corrected chi connectivity index (χ0v) is 13.9. The first-order valence-corrected chi connectivity index (χ1v) is 8.80. The Kier molecular flexibility index (Phi) is 3.51. The van der Waals surface area contributed by atoms with Crippen molar-refractivity contribution in [3.05, 3.63) is 59.2 Å². The maximum Gasteiger partial charge on any atom is 0.0668 e. The molecule has 0 unspecified atom stereocenters. The van der Waals surface area contributed by atoms with Crippen molar-refractivity contribution in [2.24, 2.45) is 17.3 Å². The van der Waals surface area contributed by atoms with Crippen LogP contribution in [0.3, 0.4) is 0 Å². The van der Waals surface area contributed by atoms with Crippen molar-refractivity contribution in [1.29, 1.82) is 0 Å². The molecule has 0 radical (unpaired) electrons. The van der Waals surface area contributed by atoms with Crippen LogP contribution in [0.1, 0.15) is 44.6 Å². The smallest absolute Gasteiger partial charge is 0.0668 e. The van der Waals surface area contributed by atoms with E-state index in [1.807, 2.05) is 6.07 Å². The van der Waals surface area contributed by atoms with Crippen LogP contribution < -0.4 is 0 Å². The van der Waals surface area contributed by atoms with Crippen LogP contribution in [0.4, 0.5) is 0 Å². The predicted octanol–water partition coefficient (Wildman–Crippen LogP) is 3.81. The standard InChI is InChI=1S/C21H26O2/c1-21(2)12-17-15-10-11-18(22)16(15)9-8-14(19(17)20(21)23)13-6-4-3-5-7-13/h3-9,14,16,18-20,22-23H,10-12H2,1-2H3/t14-,16-,18+,19-,20-/m0/s1. The molecule has 2 heteroatoms. The van der Waals surface area contributed by atoms with Gasteiger partial charge in [-0.3, -0.25) is 0 Å². The molecule has 3 aliphatic rings. The first kappa shape index (κ1) is 15.2. The lowest BCUT2D eigenvalue weighted by Gasteiger charge is -2.29. The van der Waals surface area contributed by atoms with Gasteiger partial charge in [-0.05, 0) is 30.2 Å². The van der Waals surface area contributed by atoms with Gasteiger partial charge in [0.2, 0.25) is 0 Å². The summed E-state index contributed by atoms with van der Waals surface area (Å²) in [5.41, 5.74) is 3.99. The third-order valence-corrected chi connectivity index (χ3v) is 6.23. The number of rotatable bonds is 1. The molecule has 122 valence electrons. The molecule has 2 saturated carbocycles. The normalized spacial score (nSPS) is 38.3. The molecule has 4 rings (SSSR count). The molecule has 5 atom stereocenters. The van der Waals surface area contributed by atoms with Crippen LogP contribution in [0.2, 0.25) is 0 Å². The van der Waals surface area contributed by atoms with Gasteiger partial charge in [-0.15, -0.1) is 0 Å². The highest BCUT2D eigenvalue weighted by Gasteiger charge is 2.50. The van der Waals surface area contributed by atoms with Crippen molar-refractivity contribution < 1.29 is 10.2 Å². The summed E-state index contributed by atoms with van der Waals surface area (Å²) < 4.78 is 0. The lowest BCUT2D eigenvalue weighted by molar-refractivity contribution is 0.0441. The molecule has 23 heavy (non-hydrogen) atoms. The summed E-state index contributed by atoms with van der Waals surface area (Å²) in [4.78, 5) is 0. The van der Waals surface area contributed by atoms with E-state index in [0.29, 0.717) is 0 Å². The molecule has 1 aromatic carbocycles. The average Bonchev–Trinajstić information content (AvgIpc) is 2.94. The van der Waals surface area contributed by atoms with Crippen molar-refractivity contribution in [2.45, 2.75) is 51.2 Å². The molecule has 1 aromatic rings.